The predicted octanol–water partition coefficient (Wildman–Crippen LogP) is 1.81. The van der Waals surface area contributed by atoms with Crippen molar-refractivity contribution < 1.29 is 8.91 Å². The van der Waals surface area contributed by atoms with E-state index in [1.807, 2.05) is 6.92 Å². The van der Waals surface area contributed by atoms with Gasteiger partial charge in [0.15, 0.2) is 5.82 Å². The highest BCUT2D eigenvalue weighted by Gasteiger charge is 2.07. The lowest BCUT2D eigenvalue weighted by molar-refractivity contribution is 0.370. The van der Waals surface area contributed by atoms with E-state index in [2.05, 4.69) is 20.4 Å². The Morgan fingerprint density at radius 3 is 2.94 bits per heavy atom. The van der Waals surface area contributed by atoms with Gasteiger partial charge in [0.25, 0.3) is 0 Å². The second-order valence-electron chi connectivity index (χ2n) is 4.10. The lowest BCUT2D eigenvalue weighted by Gasteiger charge is -2.12. The number of aromatic nitrogens is 3. The predicted molar refractivity (Wildman–Crippen MR) is 63.4 cm³/mol. The fourth-order valence-electron chi connectivity index (χ4n) is 1.62. The number of halogens is 1. The van der Waals surface area contributed by atoms with Crippen LogP contribution in [0.4, 0.5) is 4.39 Å². The Morgan fingerprint density at radius 2 is 2.28 bits per heavy atom. The van der Waals surface area contributed by atoms with Gasteiger partial charge in [-0.05, 0) is 25.5 Å². The van der Waals surface area contributed by atoms with Crippen molar-refractivity contribution >= 4 is 0 Å². The van der Waals surface area contributed by atoms with Gasteiger partial charge in [0, 0.05) is 25.2 Å². The third-order valence-corrected chi connectivity index (χ3v) is 2.59. The molecule has 2 heterocycles. The van der Waals surface area contributed by atoms with E-state index in [4.69, 9.17) is 4.52 Å². The van der Waals surface area contributed by atoms with Crippen LogP contribution in [0.2, 0.25) is 0 Å². The summed E-state index contributed by atoms with van der Waals surface area (Å²) in [5.41, 5.74) is 0.816. The molecule has 0 aliphatic carbocycles. The minimum atomic E-state index is -0.325. The van der Waals surface area contributed by atoms with E-state index in [0.29, 0.717) is 24.7 Å². The molecule has 0 spiro atoms. The molecule has 0 saturated carbocycles. The maximum Gasteiger partial charge on any atom is 0.227 e. The van der Waals surface area contributed by atoms with E-state index in [1.165, 1.54) is 12.3 Å². The van der Waals surface area contributed by atoms with Gasteiger partial charge in [-0.25, -0.2) is 4.39 Å². The van der Waals surface area contributed by atoms with Crippen LogP contribution in [-0.2, 0) is 6.42 Å². The average molecular weight is 250 g/mol. The van der Waals surface area contributed by atoms with Gasteiger partial charge in [0.1, 0.15) is 5.82 Å². The monoisotopic (exact) mass is 250 g/mol. The minimum absolute atomic E-state index is 0.0252. The molecule has 5 nitrogen and oxygen atoms in total. The molecule has 96 valence electrons. The topological polar surface area (TPSA) is 63.8 Å². The summed E-state index contributed by atoms with van der Waals surface area (Å²) in [4.78, 5) is 7.92. The van der Waals surface area contributed by atoms with Crippen molar-refractivity contribution in [1.82, 2.24) is 20.4 Å². The van der Waals surface area contributed by atoms with Gasteiger partial charge in [0.05, 0.1) is 6.20 Å². The molecule has 1 atom stereocenters. The first-order valence-corrected chi connectivity index (χ1v) is 5.78. The van der Waals surface area contributed by atoms with Crippen LogP contribution in [0.5, 0.6) is 0 Å². The Morgan fingerprint density at radius 1 is 1.44 bits per heavy atom. The van der Waals surface area contributed by atoms with E-state index in [1.54, 1.807) is 13.1 Å². The highest BCUT2D eigenvalue weighted by molar-refractivity contribution is 5.14. The molecule has 0 aliphatic heterocycles. The van der Waals surface area contributed by atoms with Crippen LogP contribution in [0.3, 0.4) is 0 Å². The molecule has 2 aromatic heterocycles. The quantitative estimate of drug-likeness (QED) is 0.876. The van der Waals surface area contributed by atoms with E-state index in [0.717, 1.165) is 5.56 Å². The lowest BCUT2D eigenvalue weighted by atomic mass is 10.1. The Balaban J connectivity index is 1.83. The lowest BCUT2D eigenvalue weighted by Crippen LogP contribution is -2.21. The second-order valence-corrected chi connectivity index (χ2v) is 4.10. The average Bonchev–Trinajstić information content (AvgIpc) is 2.75. The number of nitrogens with zero attached hydrogens (tertiary/aromatic N) is 3. The number of pyridine rings is 1. The zero-order valence-electron chi connectivity index (χ0n) is 10.4. The van der Waals surface area contributed by atoms with Crippen molar-refractivity contribution in [3.63, 3.8) is 0 Å². The van der Waals surface area contributed by atoms with E-state index in [-0.39, 0.29) is 11.9 Å². The Hall–Kier alpha value is -1.82. The van der Waals surface area contributed by atoms with Crippen molar-refractivity contribution in [3.05, 3.63) is 41.6 Å². The third-order valence-electron chi connectivity index (χ3n) is 2.59. The maximum absolute atomic E-state index is 13.0. The van der Waals surface area contributed by atoms with Gasteiger partial charge in [-0.15, -0.1) is 0 Å². The van der Waals surface area contributed by atoms with Gasteiger partial charge in [-0.2, -0.15) is 4.98 Å². The summed E-state index contributed by atoms with van der Waals surface area (Å²) < 4.78 is 18.0. The smallest absolute Gasteiger partial charge is 0.227 e. The molecule has 2 rings (SSSR count). The SMILES string of the molecule is Cc1noc(CCNC(C)c2cncc(F)c2)n1. The fourth-order valence-corrected chi connectivity index (χ4v) is 1.62. The molecular formula is C12H15FN4O. The van der Waals surface area contributed by atoms with Gasteiger partial charge < -0.3 is 9.84 Å². The van der Waals surface area contributed by atoms with Crippen molar-refractivity contribution in [2.75, 3.05) is 6.54 Å². The van der Waals surface area contributed by atoms with E-state index < -0.39 is 0 Å². The molecule has 0 bridgehead atoms. The Bertz CT molecular complexity index is 514. The molecule has 18 heavy (non-hydrogen) atoms. The number of hydrogen-bond donors (Lipinski definition) is 1. The van der Waals surface area contributed by atoms with Crippen molar-refractivity contribution in [1.29, 1.82) is 0 Å². The molecule has 1 N–H and O–H groups in total. The first-order valence-electron chi connectivity index (χ1n) is 5.78. The fraction of sp³-hybridized carbons (Fsp3) is 0.417. The summed E-state index contributed by atoms with van der Waals surface area (Å²) in [6, 6.07) is 1.50. The molecule has 6 heteroatoms. The van der Waals surface area contributed by atoms with E-state index in [9.17, 15) is 4.39 Å². The van der Waals surface area contributed by atoms with Crippen molar-refractivity contribution in [2.24, 2.45) is 0 Å². The van der Waals surface area contributed by atoms with Crippen molar-refractivity contribution in [3.8, 4) is 0 Å². The summed E-state index contributed by atoms with van der Waals surface area (Å²) in [6.07, 6.45) is 3.49. The normalized spacial score (nSPS) is 12.6. The first kappa shape index (κ1) is 12.6. The molecule has 0 radical (unpaired) electrons. The zero-order chi connectivity index (χ0) is 13.0. The van der Waals surface area contributed by atoms with Gasteiger partial charge in [-0.3, -0.25) is 4.98 Å². The minimum Gasteiger partial charge on any atom is -0.339 e. The van der Waals surface area contributed by atoms with E-state index >= 15 is 0 Å². The molecule has 0 fully saturated rings. The standard InChI is InChI=1S/C12H15FN4O/c1-8(10-5-11(13)7-14-6-10)15-4-3-12-16-9(2)17-18-12/h5-8,15H,3-4H2,1-2H3. The third kappa shape index (κ3) is 3.33. The van der Waals surface area contributed by atoms with Crippen LogP contribution in [0.1, 0.15) is 30.2 Å². The Labute approximate surface area is 104 Å². The maximum atomic E-state index is 13.0. The number of nitrogens with one attached hydrogen (secondary N) is 1. The molecule has 0 aromatic carbocycles. The summed E-state index contributed by atoms with van der Waals surface area (Å²) in [7, 11) is 0. The highest BCUT2D eigenvalue weighted by atomic mass is 19.1. The molecule has 0 aliphatic rings. The van der Waals surface area contributed by atoms with Crippen molar-refractivity contribution in [2.45, 2.75) is 26.3 Å². The Kier molecular flexibility index (Phi) is 3.99. The van der Waals surface area contributed by atoms with Crippen LogP contribution in [0, 0.1) is 12.7 Å². The van der Waals surface area contributed by atoms with Gasteiger partial charge >= 0.3 is 0 Å². The van der Waals surface area contributed by atoms with Crippen LogP contribution in [0.15, 0.2) is 23.0 Å². The van der Waals surface area contributed by atoms with Gasteiger partial charge in [-0.1, -0.05) is 5.16 Å². The summed E-state index contributed by atoms with van der Waals surface area (Å²) in [5, 5.41) is 6.96. The molecule has 0 amide bonds. The zero-order valence-corrected chi connectivity index (χ0v) is 10.4. The number of aryl methyl sites for hydroxylation is 1. The molecule has 2 aromatic rings. The molecule has 0 saturated heterocycles. The number of rotatable bonds is 5. The molecular weight excluding hydrogens is 235 g/mol. The summed E-state index contributed by atoms with van der Waals surface area (Å²) >= 11 is 0. The summed E-state index contributed by atoms with van der Waals surface area (Å²) in [5.74, 6) is 0.908. The van der Waals surface area contributed by atoms with Crippen LogP contribution in [0.25, 0.3) is 0 Å². The second kappa shape index (κ2) is 5.68. The highest BCUT2D eigenvalue weighted by Crippen LogP contribution is 2.11. The van der Waals surface area contributed by atoms with Crippen LogP contribution in [-0.4, -0.2) is 21.7 Å². The van der Waals surface area contributed by atoms with Crippen LogP contribution >= 0.6 is 0 Å². The van der Waals surface area contributed by atoms with Crippen LogP contribution < -0.4 is 5.32 Å². The first-order chi connectivity index (χ1) is 8.65. The van der Waals surface area contributed by atoms with Gasteiger partial charge in [0.2, 0.25) is 5.89 Å². The number of hydrogen-bond acceptors (Lipinski definition) is 5. The molecule has 1 unspecified atom stereocenters. The summed E-state index contributed by atoms with van der Waals surface area (Å²) in [6.45, 7) is 4.41. The largest absolute Gasteiger partial charge is 0.339 e.